The summed E-state index contributed by atoms with van der Waals surface area (Å²) in [6.45, 7) is 32.6. The summed E-state index contributed by atoms with van der Waals surface area (Å²) < 4.78 is 41.7. The van der Waals surface area contributed by atoms with E-state index in [0.29, 0.717) is 72.6 Å². The molecule has 0 aliphatic carbocycles. The van der Waals surface area contributed by atoms with Crippen LogP contribution in [0.2, 0.25) is 45.3 Å². The van der Waals surface area contributed by atoms with Crippen LogP contribution < -0.4 is 5.73 Å². The van der Waals surface area contributed by atoms with Crippen LogP contribution in [0.1, 0.15) is 27.2 Å². The van der Waals surface area contributed by atoms with Gasteiger partial charge in [0, 0.05) is 45.6 Å². The fraction of sp³-hybridized carbons (Fsp3) is 0.923. The Kier molecular flexibility index (Phi) is 26.2. The lowest BCUT2D eigenvalue weighted by molar-refractivity contribution is 0.0445. The zero-order chi connectivity index (χ0) is 29.3. The molecule has 0 aromatic carbocycles. The average molecular weight is 599 g/mol. The van der Waals surface area contributed by atoms with Crippen molar-refractivity contribution in [2.45, 2.75) is 72.5 Å². The van der Waals surface area contributed by atoms with Crippen molar-refractivity contribution in [1.82, 2.24) is 4.23 Å². The van der Waals surface area contributed by atoms with Gasteiger partial charge in [-0.15, -0.1) is 6.58 Å². The van der Waals surface area contributed by atoms with Gasteiger partial charge < -0.3 is 42.2 Å². The van der Waals surface area contributed by atoms with Crippen molar-refractivity contribution in [3.05, 3.63) is 12.7 Å². The number of hydrogen-bond acceptors (Lipinski definition) is 9. The van der Waals surface area contributed by atoms with Crippen LogP contribution in [0.25, 0.3) is 0 Å². The Morgan fingerprint density at radius 2 is 1.11 bits per heavy atom. The second-order valence-corrected chi connectivity index (χ2v) is 23.5. The Morgan fingerprint density at radius 1 is 0.658 bits per heavy atom. The zero-order valence-electron chi connectivity index (χ0n) is 26.3. The zero-order valence-corrected chi connectivity index (χ0v) is 29.3. The predicted molar refractivity (Wildman–Crippen MR) is 166 cm³/mol. The van der Waals surface area contributed by atoms with E-state index in [1.54, 1.807) is 6.08 Å². The molecule has 0 aromatic heterocycles. The topological polar surface area (TPSA) is 93.9 Å². The van der Waals surface area contributed by atoms with Crippen molar-refractivity contribution in [1.29, 1.82) is 0 Å². The molecule has 0 aliphatic rings. The summed E-state index contributed by atoms with van der Waals surface area (Å²) in [6.07, 6.45) is 2.63. The minimum atomic E-state index is -2.50. The summed E-state index contributed by atoms with van der Waals surface area (Å²) in [5, 5.41) is 0. The van der Waals surface area contributed by atoms with E-state index >= 15 is 0 Å². The van der Waals surface area contributed by atoms with Crippen LogP contribution in [-0.4, -0.2) is 115 Å². The van der Waals surface area contributed by atoms with E-state index in [2.05, 4.69) is 50.1 Å². The highest BCUT2D eigenvalue weighted by molar-refractivity contribution is 6.89. The van der Waals surface area contributed by atoms with Gasteiger partial charge in [0.15, 0.2) is 0 Å². The summed E-state index contributed by atoms with van der Waals surface area (Å²) in [5.41, 5.74) is 5.32. The second-order valence-electron chi connectivity index (χ2n) is 10.6. The third-order valence-electron chi connectivity index (χ3n) is 5.19. The minimum absolute atomic E-state index is 0.547. The molecule has 0 aromatic rings. The van der Waals surface area contributed by atoms with E-state index in [0.717, 1.165) is 25.6 Å². The summed E-state index contributed by atoms with van der Waals surface area (Å²) in [6, 6.07) is 0.784. The fourth-order valence-corrected chi connectivity index (χ4v) is 16.2. The van der Waals surface area contributed by atoms with Crippen molar-refractivity contribution in [3.63, 3.8) is 0 Å². The van der Waals surface area contributed by atoms with Crippen LogP contribution in [-0.2, 0) is 32.2 Å². The Hall–Kier alpha value is 0.0306. The van der Waals surface area contributed by atoms with Crippen molar-refractivity contribution in [3.8, 4) is 0 Å². The highest BCUT2D eigenvalue weighted by Gasteiger charge is 2.39. The van der Waals surface area contributed by atoms with Crippen molar-refractivity contribution in [2.24, 2.45) is 5.73 Å². The van der Waals surface area contributed by atoms with Gasteiger partial charge >= 0.3 is 8.80 Å². The molecule has 0 fully saturated rings. The minimum Gasteiger partial charge on any atom is -0.379 e. The molecule has 0 unspecified atom stereocenters. The van der Waals surface area contributed by atoms with Gasteiger partial charge in [-0.3, -0.25) is 0 Å². The largest absolute Gasteiger partial charge is 0.501 e. The van der Waals surface area contributed by atoms with Crippen molar-refractivity contribution in [2.75, 3.05) is 85.8 Å². The lowest BCUT2D eigenvalue weighted by Gasteiger charge is -2.43. The quantitative estimate of drug-likeness (QED) is 0.0920. The summed E-state index contributed by atoms with van der Waals surface area (Å²) in [5.74, 6) is 0. The van der Waals surface area contributed by atoms with Crippen LogP contribution in [0, 0.1) is 0 Å². The molecule has 0 spiro atoms. The third-order valence-corrected chi connectivity index (χ3v) is 16.0. The van der Waals surface area contributed by atoms with Crippen LogP contribution in [0.5, 0.6) is 0 Å². The SMILES string of the molecule is C=CCOCCOCCN([Si](C)(C)C)[Si](C)(C)C.CCO[Si](CCCOCCOCCN)(OCC)OCC. The van der Waals surface area contributed by atoms with Crippen LogP contribution >= 0.6 is 0 Å². The van der Waals surface area contributed by atoms with E-state index in [1.165, 1.54) is 0 Å². The molecular formula is C26H62N2O7Si3. The summed E-state index contributed by atoms with van der Waals surface area (Å²) in [7, 11) is -4.97. The Labute approximate surface area is 238 Å². The molecule has 0 rings (SSSR count). The summed E-state index contributed by atoms with van der Waals surface area (Å²) >= 11 is 0. The van der Waals surface area contributed by atoms with E-state index in [4.69, 9.17) is 38.0 Å². The van der Waals surface area contributed by atoms with E-state index in [1.807, 2.05) is 20.8 Å². The molecule has 0 aliphatic heterocycles. The van der Waals surface area contributed by atoms with Crippen LogP contribution in [0.4, 0.5) is 0 Å². The first-order valence-corrected chi connectivity index (χ1v) is 23.1. The van der Waals surface area contributed by atoms with Crippen LogP contribution in [0.15, 0.2) is 12.7 Å². The average Bonchev–Trinajstić information content (AvgIpc) is 2.82. The normalized spacial score (nSPS) is 12.5. The van der Waals surface area contributed by atoms with Gasteiger partial charge in [0.2, 0.25) is 0 Å². The predicted octanol–water partition coefficient (Wildman–Crippen LogP) is 4.59. The molecule has 230 valence electrons. The number of nitrogens with two attached hydrogens (primary N) is 1. The maximum atomic E-state index is 5.77. The molecule has 0 heterocycles. The Balaban J connectivity index is 0. The molecule has 9 nitrogen and oxygen atoms in total. The monoisotopic (exact) mass is 598 g/mol. The molecular weight excluding hydrogens is 537 g/mol. The first kappa shape index (κ1) is 40.2. The number of rotatable bonds is 25. The molecule has 38 heavy (non-hydrogen) atoms. The highest BCUT2D eigenvalue weighted by atomic mass is 28.4. The lowest BCUT2D eigenvalue weighted by atomic mass is 10.5. The van der Waals surface area contributed by atoms with E-state index < -0.39 is 25.3 Å². The van der Waals surface area contributed by atoms with Gasteiger partial charge in [-0.2, -0.15) is 0 Å². The first-order valence-electron chi connectivity index (χ1n) is 14.3. The van der Waals surface area contributed by atoms with Crippen molar-refractivity contribution < 1.29 is 32.2 Å². The molecule has 0 saturated heterocycles. The van der Waals surface area contributed by atoms with Crippen molar-refractivity contribution >= 4 is 25.3 Å². The van der Waals surface area contributed by atoms with E-state index in [9.17, 15) is 0 Å². The standard InChI is InChI=1S/C13H31NO5Si.C13H31NO2Si2/c1-4-17-20(18-5-2,19-6-3)13-7-9-15-11-12-16-10-8-14;1-8-10-15-12-13-16-11-9-14(17(2,3)4)18(5,6)7/h4-14H2,1-3H3;8H,1,9-13H2,2-7H3. The third kappa shape index (κ3) is 22.8. The van der Waals surface area contributed by atoms with Crippen LogP contribution in [0.3, 0.4) is 0 Å². The summed E-state index contributed by atoms with van der Waals surface area (Å²) in [4.78, 5) is 0. The second kappa shape index (κ2) is 24.8. The van der Waals surface area contributed by atoms with Gasteiger partial charge in [0.05, 0.1) is 46.2 Å². The number of hydrogen-bond donors (Lipinski definition) is 1. The van der Waals surface area contributed by atoms with Gasteiger partial charge in [-0.1, -0.05) is 45.4 Å². The Morgan fingerprint density at radius 3 is 1.53 bits per heavy atom. The molecule has 0 saturated carbocycles. The molecule has 0 atom stereocenters. The smallest absolute Gasteiger partial charge is 0.379 e. The van der Waals surface area contributed by atoms with Gasteiger partial charge in [0.25, 0.3) is 0 Å². The van der Waals surface area contributed by atoms with Gasteiger partial charge in [0.1, 0.15) is 16.5 Å². The molecule has 0 bridgehead atoms. The fourth-order valence-electron chi connectivity index (χ4n) is 4.02. The van der Waals surface area contributed by atoms with E-state index in [-0.39, 0.29) is 0 Å². The molecule has 12 heteroatoms. The maximum Gasteiger partial charge on any atom is 0.501 e. The molecule has 2 N–H and O–H groups in total. The molecule has 0 amide bonds. The number of nitrogens with zero attached hydrogens (tertiary/aromatic N) is 1. The van der Waals surface area contributed by atoms with Gasteiger partial charge in [-0.25, -0.2) is 0 Å². The maximum absolute atomic E-state index is 5.77. The Bertz CT molecular complexity index is 505. The van der Waals surface area contributed by atoms with Gasteiger partial charge in [-0.05, 0) is 27.2 Å². The number of ether oxygens (including phenoxy) is 4. The first-order chi connectivity index (χ1) is 17.9. The lowest BCUT2D eigenvalue weighted by Crippen LogP contribution is -2.59. The molecule has 0 radical (unpaired) electrons. The highest BCUT2D eigenvalue weighted by Crippen LogP contribution is 2.19.